The molecule has 0 atom stereocenters. The second-order valence-corrected chi connectivity index (χ2v) is 7.25. The Bertz CT molecular complexity index is 774. The molecular weight excluding hydrogens is 371 g/mol. The van der Waals surface area contributed by atoms with Gasteiger partial charge in [-0.1, -0.05) is 41.4 Å². The Kier molecular flexibility index (Phi) is 6.41. The number of carbonyl (C=O) groups excluding carboxylic acids is 1. The van der Waals surface area contributed by atoms with Gasteiger partial charge in [0, 0.05) is 13.1 Å². The summed E-state index contributed by atoms with van der Waals surface area (Å²) >= 11 is 12.5. The molecule has 1 amide bonds. The third kappa shape index (κ3) is 4.32. The van der Waals surface area contributed by atoms with Crippen LogP contribution in [0.4, 0.5) is 0 Å². The molecule has 1 fully saturated rings. The zero-order valence-corrected chi connectivity index (χ0v) is 16.2. The van der Waals surface area contributed by atoms with Crippen molar-refractivity contribution in [3.8, 4) is 11.5 Å². The normalized spacial score (nSPS) is 15.1. The molecule has 1 aliphatic heterocycles. The van der Waals surface area contributed by atoms with Gasteiger partial charge in [-0.25, -0.2) is 0 Å². The van der Waals surface area contributed by atoms with Crippen LogP contribution in [0.5, 0.6) is 11.5 Å². The van der Waals surface area contributed by atoms with E-state index in [1.807, 2.05) is 24.1 Å². The zero-order chi connectivity index (χ0) is 18.5. The third-order valence-electron chi connectivity index (χ3n) is 4.64. The van der Waals surface area contributed by atoms with E-state index in [0.717, 1.165) is 32.5 Å². The standard InChI is InChI=1S/C20H22Cl2N2O2/c1-23-13-14-9-11-24(12-10-14)20(25)19-16(22)6-4-8-18(19)26-17-7-3-2-5-15(17)21/h2-8,14,23H,9-13H2,1H3. The van der Waals surface area contributed by atoms with Crippen LogP contribution in [0.1, 0.15) is 23.2 Å². The number of hydrogen-bond acceptors (Lipinski definition) is 3. The van der Waals surface area contributed by atoms with E-state index in [0.29, 0.717) is 33.0 Å². The number of para-hydroxylation sites is 1. The van der Waals surface area contributed by atoms with Crippen molar-refractivity contribution in [1.82, 2.24) is 10.2 Å². The average Bonchev–Trinajstić information content (AvgIpc) is 2.64. The first kappa shape index (κ1) is 19.0. The number of carbonyl (C=O) groups is 1. The van der Waals surface area contributed by atoms with Gasteiger partial charge >= 0.3 is 0 Å². The van der Waals surface area contributed by atoms with Gasteiger partial charge in [0.25, 0.3) is 5.91 Å². The molecule has 1 aliphatic rings. The van der Waals surface area contributed by atoms with E-state index in [9.17, 15) is 4.79 Å². The van der Waals surface area contributed by atoms with Crippen LogP contribution in [0.2, 0.25) is 10.0 Å². The van der Waals surface area contributed by atoms with E-state index in [-0.39, 0.29) is 5.91 Å². The predicted octanol–water partition coefficient (Wildman–Crippen LogP) is 4.86. The van der Waals surface area contributed by atoms with Crippen LogP contribution in [0, 0.1) is 5.92 Å². The molecule has 0 bridgehead atoms. The summed E-state index contributed by atoms with van der Waals surface area (Å²) in [6, 6.07) is 12.4. The van der Waals surface area contributed by atoms with E-state index in [2.05, 4.69) is 5.32 Å². The van der Waals surface area contributed by atoms with E-state index >= 15 is 0 Å². The second kappa shape index (κ2) is 8.76. The number of ether oxygens (including phenoxy) is 1. The Balaban J connectivity index is 1.81. The summed E-state index contributed by atoms with van der Waals surface area (Å²) in [5, 5.41) is 4.08. The maximum Gasteiger partial charge on any atom is 0.259 e. The number of rotatable bonds is 5. The molecule has 2 aromatic rings. The average molecular weight is 393 g/mol. The Morgan fingerprint density at radius 2 is 1.73 bits per heavy atom. The Labute approximate surface area is 164 Å². The monoisotopic (exact) mass is 392 g/mol. The molecule has 1 saturated heterocycles. The lowest BCUT2D eigenvalue weighted by molar-refractivity contribution is 0.0688. The molecule has 1 heterocycles. The van der Waals surface area contributed by atoms with Crippen molar-refractivity contribution >= 4 is 29.1 Å². The topological polar surface area (TPSA) is 41.6 Å². The Morgan fingerprint density at radius 1 is 1.08 bits per heavy atom. The molecule has 0 unspecified atom stereocenters. The number of nitrogens with one attached hydrogen (secondary N) is 1. The molecule has 138 valence electrons. The minimum Gasteiger partial charge on any atom is -0.455 e. The number of likely N-dealkylation sites (tertiary alicyclic amines) is 1. The minimum absolute atomic E-state index is 0.0967. The Morgan fingerprint density at radius 3 is 2.42 bits per heavy atom. The molecule has 0 aliphatic carbocycles. The number of benzene rings is 2. The maximum atomic E-state index is 13.1. The van der Waals surface area contributed by atoms with Gasteiger partial charge < -0.3 is 15.0 Å². The van der Waals surface area contributed by atoms with Crippen LogP contribution in [-0.4, -0.2) is 37.5 Å². The highest BCUT2D eigenvalue weighted by atomic mass is 35.5. The summed E-state index contributed by atoms with van der Waals surface area (Å²) in [6.07, 6.45) is 1.97. The van der Waals surface area contributed by atoms with Crippen molar-refractivity contribution in [1.29, 1.82) is 0 Å². The van der Waals surface area contributed by atoms with Gasteiger partial charge in [0.05, 0.1) is 10.0 Å². The van der Waals surface area contributed by atoms with Crippen molar-refractivity contribution in [2.24, 2.45) is 5.92 Å². The lowest BCUT2D eigenvalue weighted by Gasteiger charge is -2.32. The molecule has 0 aromatic heterocycles. The zero-order valence-electron chi connectivity index (χ0n) is 14.7. The lowest BCUT2D eigenvalue weighted by Crippen LogP contribution is -2.40. The van der Waals surface area contributed by atoms with E-state index < -0.39 is 0 Å². The first-order valence-electron chi connectivity index (χ1n) is 8.75. The summed E-state index contributed by atoms with van der Waals surface area (Å²) in [6.45, 7) is 2.43. The molecule has 2 aromatic carbocycles. The fraction of sp³-hybridized carbons (Fsp3) is 0.350. The molecule has 0 saturated carbocycles. The fourth-order valence-electron chi connectivity index (χ4n) is 3.23. The van der Waals surface area contributed by atoms with Crippen molar-refractivity contribution in [2.75, 3.05) is 26.7 Å². The lowest BCUT2D eigenvalue weighted by atomic mass is 9.96. The van der Waals surface area contributed by atoms with Gasteiger partial charge in [-0.05, 0) is 56.6 Å². The van der Waals surface area contributed by atoms with Gasteiger partial charge in [0.15, 0.2) is 0 Å². The number of amides is 1. The van der Waals surface area contributed by atoms with Crippen LogP contribution in [-0.2, 0) is 0 Å². The van der Waals surface area contributed by atoms with Gasteiger partial charge in [-0.3, -0.25) is 4.79 Å². The number of hydrogen-bond donors (Lipinski definition) is 1. The van der Waals surface area contributed by atoms with Crippen molar-refractivity contribution < 1.29 is 9.53 Å². The fourth-order valence-corrected chi connectivity index (χ4v) is 3.65. The van der Waals surface area contributed by atoms with Gasteiger partial charge in [-0.15, -0.1) is 0 Å². The van der Waals surface area contributed by atoms with Crippen LogP contribution < -0.4 is 10.1 Å². The molecule has 1 N–H and O–H groups in total. The molecular formula is C20H22Cl2N2O2. The van der Waals surface area contributed by atoms with Crippen LogP contribution in [0.25, 0.3) is 0 Å². The van der Waals surface area contributed by atoms with Crippen LogP contribution in [0.3, 0.4) is 0 Å². The van der Waals surface area contributed by atoms with Crippen molar-refractivity contribution in [3.63, 3.8) is 0 Å². The first-order chi connectivity index (χ1) is 12.6. The molecule has 0 spiro atoms. The Hall–Kier alpha value is -1.75. The van der Waals surface area contributed by atoms with Crippen molar-refractivity contribution in [2.45, 2.75) is 12.8 Å². The second-order valence-electron chi connectivity index (χ2n) is 6.44. The summed E-state index contributed by atoms with van der Waals surface area (Å²) in [5.41, 5.74) is 0.390. The number of piperidine rings is 1. The molecule has 26 heavy (non-hydrogen) atoms. The predicted molar refractivity (Wildman–Crippen MR) is 106 cm³/mol. The highest BCUT2D eigenvalue weighted by Gasteiger charge is 2.27. The number of halogens is 2. The summed E-state index contributed by atoms with van der Waals surface area (Å²) in [5.74, 6) is 1.43. The van der Waals surface area contributed by atoms with Crippen LogP contribution >= 0.6 is 23.2 Å². The first-order valence-corrected chi connectivity index (χ1v) is 9.50. The van der Waals surface area contributed by atoms with Crippen molar-refractivity contribution in [3.05, 3.63) is 58.1 Å². The van der Waals surface area contributed by atoms with Gasteiger partial charge in [0.1, 0.15) is 17.1 Å². The molecule has 6 heteroatoms. The summed E-state index contributed by atoms with van der Waals surface area (Å²) in [4.78, 5) is 14.9. The highest BCUT2D eigenvalue weighted by Crippen LogP contribution is 2.35. The molecule has 0 radical (unpaired) electrons. The minimum atomic E-state index is -0.0967. The molecule has 4 nitrogen and oxygen atoms in total. The highest BCUT2D eigenvalue weighted by molar-refractivity contribution is 6.34. The van der Waals surface area contributed by atoms with Crippen LogP contribution in [0.15, 0.2) is 42.5 Å². The van der Waals surface area contributed by atoms with Gasteiger partial charge in [-0.2, -0.15) is 0 Å². The summed E-state index contributed by atoms with van der Waals surface area (Å²) in [7, 11) is 1.96. The quantitative estimate of drug-likeness (QED) is 0.789. The largest absolute Gasteiger partial charge is 0.455 e. The summed E-state index contributed by atoms with van der Waals surface area (Å²) < 4.78 is 5.92. The molecule has 3 rings (SSSR count). The SMILES string of the molecule is CNCC1CCN(C(=O)c2c(Cl)cccc2Oc2ccccc2Cl)CC1. The maximum absolute atomic E-state index is 13.1. The van der Waals surface area contributed by atoms with E-state index in [1.54, 1.807) is 30.3 Å². The third-order valence-corrected chi connectivity index (χ3v) is 5.27. The van der Waals surface area contributed by atoms with E-state index in [4.69, 9.17) is 27.9 Å². The number of nitrogens with zero attached hydrogens (tertiary/aromatic N) is 1. The smallest absolute Gasteiger partial charge is 0.259 e. The van der Waals surface area contributed by atoms with Gasteiger partial charge in [0.2, 0.25) is 0 Å². The van der Waals surface area contributed by atoms with E-state index in [1.165, 1.54) is 0 Å².